The molecule has 4 aromatic rings. The van der Waals surface area contributed by atoms with Gasteiger partial charge in [0.2, 0.25) is 11.7 Å². The second kappa shape index (κ2) is 13.0. The summed E-state index contributed by atoms with van der Waals surface area (Å²) >= 11 is 3.55. The number of hydrogen-bond acceptors (Lipinski definition) is 8. The molecule has 0 saturated heterocycles. The molecule has 0 fully saturated rings. The lowest BCUT2D eigenvalue weighted by Gasteiger charge is -2.14. The largest absolute Gasteiger partial charge is 0.493 e. The van der Waals surface area contributed by atoms with E-state index in [1.807, 2.05) is 36.4 Å². The van der Waals surface area contributed by atoms with Gasteiger partial charge in [-0.25, -0.2) is 10.2 Å². The summed E-state index contributed by atoms with van der Waals surface area (Å²) in [4.78, 5) is 25.4. The van der Waals surface area contributed by atoms with E-state index in [9.17, 15) is 9.59 Å². The first-order chi connectivity index (χ1) is 19.4. The molecule has 1 N–H and O–H groups in total. The molecule has 0 unspecified atom stereocenters. The Bertz CT molecular complexity index is 1560. The minimum atomic E-state index is -0.647. The molecule has 4 rings (SSSR count). The molecule has 40 heavy (non-hydrogen) atoms. The molecule has 0 heterocycles. The molecule has 10 heteroatoms. The van der Waals surface area contributed by atoms with Crippen molar-refractivity contribution in [1.82, 2.24) is 5.43 Å². The SMILES string of the molecule is COc1cc(C=NNC(=O)Cc2ccc(Br)c3ccccc23)ccc1OC(=O)c1cc(OC)c(OC)c(OC)c1. The smallest absolute Gasteiger partial charge is 0.343 e. The van der Waals surface area contributed by atoms with Gasteiger partial charge < -0.3 is 23.7 Å². The van der Waals surface area contributed by atoms with Gasteiger partial charge in [0.25, 0.3) is 0 Å². The first-order valence-electron chi connectivity index (χ1n) is 12.1. The third-order valence-electron chi connectivity index (χ3n) is 6.01. The number of carbonyl (C=O) groups excluding carboxylic acids is 2. The van der Waals surface area contributed by atoms with Crippen LogP contribution >= 0.6 is 15.9 Å². The predicted octanol–water partition coefficient (Wildman–Crippen LogP) is 5.55. The van der Waals surface area contributed by atoms with Crippen molar-refractivity contribution in [1.29, 1.82) is 0 Å². The average Bonchev–Trinajstić information content (AvgIpc) is 2.98. The zero-order valence-electron chi connectivity index (χ0n) is 22.3. The van der Waals surface area contributed by atoms with Crippen molar-refractivity contribution in [2.45, 2.75) is 6.42 Å². The molecule has 0 aliphatic carbocycles. The number of amides is 1. The average molecular weight is 607 g/mol. The van der Waals surface area contributed by atoms with Crippen LogP contribution in [0.2, 0.25) is 0 Å². The van der Waals surface area contributed by atoms with Gasteiger partial charge in [-0.15, -0.1) is 0 Å². The van der Waals surface area contributed by atoms with Crippen molar-refractivity contribution in [3.05, 3.63) is 87.9 Å². The number of esters is 1. The first-order valence-corrected chi connectivity index (χ1v) is 12.9. The maximum absolute atomic E-state index is 12.9. The van der Waals surface area contributed by atoms with E-state index < -0.39 is 5.97 Å². The Balaban J connectivity index is 1.44. The van der Waals surface area contributed by atoms with E-state index in [1.165, 1.54) is 46.8 Å². The molecule has 206 valence electrons. The Morgan fingerprint density at radius 3 is 2.12 bits per heavy atom. The molecule has 4 aromatic carbocycles. The van der Waals surface area contributed by atoms with Gasteiger partial charge >= 0.3 is 5.97 Å². The molecule has 0 aromatic heterocycles. The summed E-state index contributed by atoms with van der Waals surface area (Å²) in [6, 6.07) is 19.6. The van der Waals surface area contributed by atoms with Crippen molar-refractivity contribution >= 4 is 44.8 Å². The van der Waals surface area contributed by atoms with E-state index in [-0.39, 0.29) is 23.6 Å². The Hall–Kier alpha value is -4.57. The summed E-state index contributed by atoms with van der Waals surface area (Å²) in [5, 5.41) is 6.10. The van der Waals surface area contributed by atoms with Crippen LogP contribution in [-0.2, 0) is 11.2 Å². The molecular formula is C30H27BrN2O7. The molecular weight excluding hydrogens is 580 g/mol. The van der Waals surface area contributed by atoms with Crippen LogP contribution < -0.4 is 29.1 Å². The number of nitrogens with one attached hydrogen (secondary N) is 1. The number of fused-ring (bicyclic) bond motifs is 1. The van der Waals surface area contributed by atoms with Gasteiger partial charge in [0.15, 0.2) is 23.0 Å². The van der Waals surface area contributed by atoms with Crippen LogP contribution in [0.15, 0.2) is 76.3 Å². The molecule has 1 amide bonds. The number of benzene rings is 4. The fraction of sp³-hybridized carbons (Fsp3) is 0.167. The van der Waals surface area contributed by atoms with Crippen LogP contribution in [0.3, 0.4) is 0 Å². The maximum Gasteiger partial charge on any atom is 0.343 e. The molecule has 9 nitrogen and oxygen atoms in total. The molecule has 0 radical (unpaired) electrons. The van der Waals surface area contributed by atoms with E-state index in [4.69, 9.17) is 23.7 Å². The summed E-state index contributed by atoms with van der Waals surface area (Å²) in [5.74, 6) is 0.602. The van der Waals surface area contributed by atoms with E-state index in [0.29, 0.717) is 28.6 Å². The minimum absolute atomic E-state index is 0.171. The number of halogens is 1. The number of hydrogen-bond donors (Lipinski definition) is 1. The maximum atomic E-state index is 12.9. The summed E-state index contributed by atoms with van der Waals surface area (Å²) in [5.41, 5.74) is 4.27. The quantitative estimate of drug-likeness (QED) is 0.109. The summed E-state index contributed by atoms with van der Waals surface area (Å²) in [6.45, 7) is 0. The van der Waals surface area contributed by atoms with Crippen molar-refractivity contribution in [3.8, 4) is 28.7 Å². The van der Waals surface area contributed by atoms with Crippen LogP contribution in [-0.4, -0.2) is 46.5 Å². The second-order valence-corrected chi connectivity index (χ2v) is 9.29. The Morgan fingerprint density at radius 2 is 1.48 bits per heavy atom. The molecule has 0 spiro atoms. The fourth-order valence-electron chi connectivity index (χ4n) is 4.08. The Labute approximate surface area is 239 Å². The summed E-state index contributed by atoms with van der Waals surface area (Å²) in [7, 11) is 5.85. The second-order valence-electron chi connectivity index (χ2n) is 8.44. The third kappa shape index (κ3) is 6.35. The van der Waals surface area contributed by atoms with E-state index in [2.05, 4.69) is 26.5 Å². The van der Waals surface area contributed by atoms with Gasteiger partial charge in [0.05, 0.1) is 46.6 Å². The van der Waals surface area contributed by atoms with E-state index >= 15 is 0 Å². The molecule has 0 saturated carbocycles. The number of nitrogens with zero attached hydrogens (tertiary/aromatic N) is 1. The van der Waals surface area contributed by atoms with Crippen molar-refractivity contribution < 1.29 is 33.3 Å². The van der Waals surface area contributed by atoms with Crippen LogP contribution in [0.4, 0.5) is 0 Å². The van der Waals surface area contributed by atoms with Gasteiger partial charge in [-0.1, -0.05) is 46.3 Å². The van der Waals surface area contributed by atoms with Crippen LogP contribution in [0.25, 0.3) is 10.8 Å². The Kier molecular flexibility index (Phi) is 9.23. The Morgan fingerprint density at radius 1 is 0.800 bits per heavy atom. The highest BCUT2D eigenvalue weighted by Gasteiger charge is 2.19. The van der Waals surface area contributed by atoms with E-state index in [0.717, 1.165) is 20.8 Å². The molecule has 0 aliphatic heterocycles. The highest BCUT2D eigenvalue weighted by atomic mass is 79.9. The first kappa shape index (κ1) is 28.4. The van der Waals surface area contributed by atoms with Crippen LogP contribution in [0.1, 0.15) is 21.5 Å². The zero-order valence-corrected chi connectivity index (χ0v) is 23.9. The van der Waals surface area contributed by atoms with Gasteiger partial charge in [0.1, 0.15) is 0 Å². The van der Waals surface area contributed by atoms with Crippen LogP contribution in [0.5, 0.6) is 28.7 Å². The normalized spacial score (nSPS) is 10.8. The minimum Gasteiger partial charge on any atom is -0.493 e. The monoisotopic (exact) mass is 606 g/mol. The van der Waals surface area contributed by atoms with E-state index in [1.54, 1.807) is 18.2 Å². The molecule has 0 atom stereocenters. The topological polar surface area (TPSA) is 105 Å². The molecule has 0 bridgehead atoms. The predicted molar refractivity (Wildman–Crippen MR) is 155 cm³/mol. The fourth-order valence-corrected chi connectivity index (χ4v) is 4.55. The highest BCUT2D eigenvalue weighted by Crippen LogP contribution is 2.39. The summed E-state index contributed by atoms with van der Waals surface area (Å²) < 4.78 is 27.9. The number of carbonyl (C=O) groups is 2. The van der Waals surface area contributed by atoms with Gasteiger partial charge in [0, 0.05) is 4.47 Å². The van der Waals surface area contributed by atoms with Gasteiger partial charge in [-0.05, 0) is 58.3 Å². The number of rotatable bonds is 10. The van der Waals surface area contributed by atoms with Gasteiger partial charge in [-0.3, -0.25) is 4.79 Å². The highest BCUT2D eigenvalue weighted by molar-refractivity contribution is 9.10. The number of methoxy groups -OCH3 is 4. The zero-order chi connectivity index (χ0) is 28.6. The van der Waals surface area contributed by atoms with Gasteiger partial charge in [-0.2, -0.15) is 5.10 Å². The van der Waals surface area contributed by atoms with Crippen molar-refractivity contribution in [3.63, 3.8) is 0 Å². The van der Waals surface area contributed by atoms with Crippen molar-refractivity contribution in [2.24, 2.45) is 5.10 Å². The van der Waals surface area contributed by atoms with Crippen LogP contribution in [0, 0.1) is 0 Å². The third-order valence-corrected chi connectivity index (χ3v) is 6.70. The number of ether oxygens (including phenoxy) is 5. The lowest BCUT2D eigenvalue weighted by atomic mass is 10.0. The standard InChI is InChI=1S/C30H27BrN2O7/c1-36-25-13-18(17-32-33-28(34)16-19-10-11-23(31)22-8-6-5-7-21(19)22)9-12-24(25)40-30(35)20-14-26(37-2)29(39-4)27(15-20)38-3/h5-15,17H,16H2,1-4H3,(H,33,34). The molecule has 0 aliphatic rings. The number of hydrazone groups is 1. The summed E-state index contributed by atoms with van der Waals surface area (Å²) in [6.07, 6.45) is 1.65. The lowest BCUT2D eigenvalue weighted by molar-refractivity contribution is -0.120. The lowest BCUT2D eigenvalue weighted by Crippen LogP contribution is -2.20. The van der Waals surface area contributed by atoms with Crippen molar-refractivity contribution in [2.75, 3.05) is 28.4 Å².